The van der Waals surface area contributed by atoms with Crippen LogP contribution >= 0.6 is 0 Å². The molecule has 8 aromatic carbocycles. The third kappa shape index (κ3) is 3.92. The second-order valence-corrected chi connectivity index (χ2v) is 12.7. The Hall–Kier alpha value is -6.85. The molecule has 0 saturated carbocycles. The third-order valence-electron chi connectivity index (χ3n) is 9.87. The average molecular weight is 643 g/mol. The van der Waals surface area contributed by atoms with Crippen LogP contribution in [0.4, 0.5) is 17.1 Å². The number of benzene rings is 8. The maximum Gasteiger partial charge on any atom is 0.228 e. The number of furan rings is 2. The first-order valence-corrected chi connectivity index (χ1v) is 16.7. The van der Waals surface area contributed by atoms with Crippen molar-refractivity contribution < 1.29 is 13.3 Å². The molecule has 5 heteroatoms. The number of aromatic nitrogens is 1. The highest BCUT2D eigenvalue weighted by molar-refractivity contribution is 6.23. The van der Waals surface area contributed by atoms with Crippen molar-refractivity contribution in [1.29, 1.82) is 0 Å². The lowest BCUT2D eigenvalue weighted by atomic mass is 10.0. The molecule has 3 heterocycles. The van der Waals surface area contributed by atoms with E-state index in [4.69, 9.17) is 18.2 Å². The number of rotatable bonds is 4. The SMILES string of the molecule is c1ccc(N(c2ccc3c(c2)oc2cccc(-c4nc5ccc6ccccc6c5o4)c23)c2cccc3oc4ccc5ccccc5c4c23)cc1. The zero-order valence-electron chi connectivity index (χ0n) is 26.6. The smallest absolute Gasteiger partial charge is 0.228 e. The van der Waals surface area contributed by atoms with Gasteiger partial charge in [0.1, 0.15) is 27.8 Å². The van der Waals surface area contributed by atoms with Crippen LogP contribution in [0.2, 0.25) is 0 Å². The van der Waals surface area contributed by atoms with Crippen LogP contribution in [0.25, 0.3) is 88.0 Å². The molecule has 0 bridgehead atoms. The highest BCUT2D eigenvalue weighted by Gasteiger charge is 2.23. The van der Waals surface area contributed by atoms with Gasteiger partial charge >= 0.3 is 0 Å². The molecule has 0 amide bonds. The summed E-state index contributed by atoms with van der Waals surface area (Å²) in [4.78, 5) is 7.23. The van der Waals surface area contributed by atoms with Gasteiger partial charge in [-0.25, -0.2) is 4.98 Å². The summed E-state index contributed by atoms with van der Waals surface area (Å²) >= 11 is 0. The van der Waals surface area contributed by atoms with Crippen LogP contribution in [0, 0.1) is 0 Å². The van der Waals surface area contributed by atoms with E-state index in [0.29, 0.717) is 5.89 Å². The number of anilines is 3. The molecule has 0 radical (unpaired) electrons. The third-order valence-corrected chi connectivity index (χ3v) is 9.87. The van der Waals surface area contributed by atoms with Crippen molar-refractivity contribution in [3.8, 4) is 11.5 Å². The molecular formula is C45H26N2O3. The second kappa shape index (κ2) is 10.3. The molecule has 0 aliphatic rings. The summed E-state index contributed by atoms with van der Waals surface area (Å²) in [5.41, 5.74) is 8.82. The van der Waals surface area contributed by atoms with Gasteiger partial charge in [-0.3, -0.25) is 0 Å². The van der Waals surface area contributed by atoms with Gasteiger partial charge in [-0.05, 0) is 76.8 Å². The minimum Gasteiger partial charge on any atom is -0.456 e. The van der Waals surface area contributed by atoms with Crippen LogP contribution < -0.4 is 4.90 Å². The van der Waals surface area contributed by atoms with Gasteiger partial charge in [0, 0.05) is 44.5 Å². The van der Waals surface area contributed by atoms with Crippen LogP contribution in [-0.2, 0) is 0 Å². The molecule has 3 aromatic heterocycles. The van der Waals surface area contributed by atoms with Crippen LogP contribution in [0.3, 0.4) is 0 Å². The van der Waals surface area contributed by atoms with Crippen LogP contribution in [0.1, 0.15) is 0 Å². The van der Waals surface area contributed by atoms with Crippen molar-refractivity contribution in [1.82, 2.24) is 4.98 Å². The largest absolute Gasteiger partial charge is 0.456 e. The monoisotopic (exact) mass is 642 g/mol. The minimum atomic E-state index is 0.574. The van der Waals surface area contributed by atoms with E-state index in [-0.39, 0.29) is 0 Å². The lowest BCUT2D eigenvalue weighted by molar-refractivity contribution is 0.623. The molecule has 5 nitrogen and oxygen atoms in total. The van der Waals surface area contributed by atoms with Crippen LogP contribution in [-0.4, -0.2) is 4.98 Å². The normalized spacial score (nSPS) is 12.0. The minimum absolute atomic E-state index is 0.574. The van der Waals surface area contributed by atoms with E-state index in [1.54, 1.807) is 0 Å². The van der Waals surface area contributed by atoms with E-state index in [1.807, 2.05) is 36.4 Å². The number of fused-ring (bicyclic) bond motifs is 11. The summed E-state index contributed by atoms with van der Waals surface area (Å²) in [5.74, 6) is 0.574. The Balaban J connectivity index is 1.13. The highest BCUT2D eigenvalue weighted by atomic mass is 16.4. The van der Waals surface area contributed by atoms with Crippen molar-refractivity contribution in [2.75, 3.05) is 4.90 Å². The molecule has 11 aromatic rings. The summed E-state index contributed by atoms with van der Waals surface area (Å²) in [6.07, 6.45) is 0. The van der Waals surface area contributed by atoms with Gasteiger partial charge < -0.3 is 18.2 Å². The molecule has 0 atom stereocenters. The molecular weight excluding hydrogens is 617 g/mol. The maximum absolute atomic E-state index is 6.61. The van der Waals surface area contributed by atoms with Gasteiger partial charge in [0.15, 0.2) is 5.58 Å². The fraction of sp³-hybridized carbons (Fsp3) is 0. The molecule has 0 saturated heterocycles. The van der Waals surface area contributed by atoms with Crippen molar-refractivity contribution >= 4 is 93.6 Å². The Morgan fingerprint density at radius 3 is 2.00 bits per heavy atom. The second-order valence-electron chi connectivity index (χ2n) is 12.7. The topological polar surface area (TPSA) is 55.6 Å². The standard InChI is InChI=1S/C45H26N2O3/c1-2-12-29(13-3-1)47(36-17-9-19-38-43(36)42-31-14-6-4-10-27(31)21-25-39(42)48-38)30-22-23-33-40(26-30)49-37-18-8-16-34(41(33)37)45-46-35-24-20-28-11-5-7-15-32(28)44(35)50-45/h1-26H. The quantitative estimate of drug-likeness (QED) is 0.191. The fourth-order valence-corrected chi connectivity index (χ4v) is 7.66. The molecule has 234 valence electrons. The maximum atomic E-state index is 6.61. The first kappa shape index (κ1) is 27.1. The molecule has 0 spiro atoms. The number of hydrogen-bond acceptors (Lipinski definition) is 5. The van der Waals surface area contributed by atoms with E-state index >= 15 is 0 Å². The van der Waals surface area contributed by atoms with Crippen molar-refractivity contribution in [2.24, 2.45) is 0 Å². The summed E-state index contributed by atoms with van der Waals surface area (Å²) in [6, 6.07) is 54.3. The van der Waals surface area contributed by atoms with Gasteiger partial charge in [0.25, 0.3) is 0 Å². The van der Waals surface area contributed by atoms with Crippen molar-refractivity contribution in [3.63, 3.8) is 0 Å². The molecule has 11 rings (SSSR count). The molecule has 50 heavy (non-hydrogen) atoms. The Labute approximate surface area is 285 Å². The van der Waals surface area contributed by atoms with Gasteiger partial charge in [-0.2, -0.15) is 0 Å². The van der Waals surface area contributed by atoms with Crippen LogP contribution in [0.15, 0.2) is 171 Å². The summed E-state index contributed by atoms with van der Waals surface area (Å²) in [6.45, 7) is 0. The highest BCUT2D eigenvalue weighted by Crippen LogP contribution is 2.46. The number of para-hydroxylation sites is 1. The first-order chi connectivity index (χ1) is 24.8. The van der Waals surface area contributed by atoms with Gasteiger partial charge in [-0.15, -0.1) is 0 Å². The zero-order chi connectivity index (χ0) is 32.8. The van der Waals surface area contributed by atoms with E-state index in [1.165, 1.54) is 5.39 Å². The number of hydrogen-bond donors (Lipinski definition) is 0. The van der Waals surface area contributed by atoms with Crippen LogP contribution in [0.5, 0.6) is 0 Å². The van der Waals surface area contributed by atoms with E-state index < -0.39 is 0 Å². The molecule has 0 aliphatic heterocycles. The summed E-state index contributed by atoms with van der Waals surface area (Å²) < 4.78 is 19.6. The predicted octanol–water partition coefficient (Wildman–Crippen LogP) is 13.1. The van der Waals surface area contributed by atoms with Gasteiger partial charge in [-0.1, -0.05) is 91.0 Å². The van der Waals surface area contributed by atoms with E-state index in [0.717, 1.165) is 93.8 Å². The molecule has 0 fully saturated rings. The van der Waals surface area contributed by atoms with Crippen molar-refractivity contribution in [2.45, 2.75) is 0 Å². The predicted molar refractivity (Wildman–Crippen MR) is 204 cm³/mol. The molecule has 0 N–H and O–H groups in total. The molecule has 0 unspecified atom stereocenters. The Morgan fingerprint density at radius 2 is 1.12 bits per heavy atom. The Morgan fingerprint density at radius 1 is 0.420 bits per heavy atom. The first-order valence-electron chi connectivity index (χ1n) is 16.7. The van der Waals surface area contributed by atoms with Crippen molar-refractivity contribution in [3.05, 3.63) is 158 Å². The lowest BCUT2D eigenvalue weighted by Gasteiger charge is -2.26. The summed E-state index contributed by atoms with van der Waals surface area (Å²) in [7, 11) is 0. The van der Waals surface area contributed by atoms with Gasteiger partial charge in [0.05, 0.1) is 11.1 Å². The number of nitrogens with zero attached hydrogens (tertiary/aromatic N) is 2. The molecule has 0 aliphatic carbocycles. The summed E-state index contributed by atoms with van der Waals surface area (Å²) in [5, 5.41) is 8.66. The lowest BCUT2D eigenvalue weighted by Crippen LogP contribution is -2.10. The fourth-order valence-electron chi connectivity index (χ4n) is 7.66. The Bertz CT molecular complexity index is 3110. The van der Waals surface area contributed by atoms with Gasteiger partial charge in [0.2, 0.25) is 5.89 Å². The number of oxazole rings is 1. The average Bonchev–Trinajstić information content (AvgIpc) is 3.89. The zero-order valence-corrected chi connectivity index (χ0v) is 26.6. The van der Waals surface area contributed by atoms with E-state index in [2.05, 4.69) is 126 Å². The Kier molecular flexibility index (Phi) is 5.60. The van der Waals surface area contributed by atoms with E-state index in [9.17, 15) is 0 Å².